The second kappa shape index (κ2) is 3.85. The average molecular weight is 255 g/mol. The predicted octanol–water partition coefficient (Wildman–Crippen LogP) is 3.99. The van der Waals surface area contributed by atoms with Gasteiger partial charge in [0, 0.05) is 15.5 Å². The lowest BCUT2D eigenvalue weighted by atomic mass is 9.85. The van der Waals surface area contributed by atoms with Gasteiger partial charge in [0.2, 0.25) is 0 Å². The van der Waals surface area contributed by atoms with Gasteiger partial charge in [-0.25, -0.2) is 0 Å². The normalized spacial score (nSPS) is 11.5. The summed E-state index contributed by atoms with van der Waals surface area (Å²) in [5, 5.41) is 0. The number of rotatable bonds is 1. The molecule has 1 aromatic carbocycles. The summed E-state index contributed by atoms with van der Waals surface area (Å²) >= 11 is 3.42. The Labute approximate surface area is 93.7 Å². The molecule has 0 aliphatic rings. The maximum absolute atomic E-state index is 12.1. The van der Waals surface area contributed by atoms with Crippen LogP contribution in [0.3, 0.4) is 0 Å². The number of hydrogen-bond acceptors (Lipinski definition) is 1. The van der Waals surface area contributed by atoms with Crippen LogP contribution in [-0.4, -0.2) is 5.78 Å². The molecule has 0 N–H and O–H groups in total. The Kier molecular flexibility index (Phi) is 3.15. The number of carbonyl (C=O) groups is 1. The smallest absolute Gasteiger partial charge is 0.169 e. The topological polar surface area (TPSA) is 17.1 Å². The van der Waals surface area contributed by atoms with E-state index >= 15 is 0 Å². The van der Waals surface area contributed by atoms with Crippen molar-refractivity contribution in [1.82, 2.24) is 0 Å². The van der Waals surface area contributed by atoms with E-state index in [0.717, 1.165) is 15.6 Å². The summed E-state index contributed by atoms with van der Waals surface area (Å²) < 4.78 is 0.887. The summed E-state index contributed by atoms with van der Waals surface area (Å²) in [6, 6.07) is 5.81. The first-order chi connectivity index (χ1) is 6.34. The van der Waals surface area contributed by atoms with Crippen molar-refractivity contribution in [3.63, 3.8) is 0 Å². The Morgan fingerprint density at radius 2 is 1.86 bits per heavy atom. The molecule has 1 aromatic rings. The van der Waals surface area contributed by atoms with Crippen LogP contribution in [0.2, 0.25) is 0 Å². The lowest BCUT2D eigenvalue weighted by Crippen LogP contribution is -2.21. The van der Waals surface area contributed by atoms with Gasteiger partial charge >= 0.3 is 0 Å². The van der Waals surface area contributed by atoms with Gasteiger partial charge in [-0.3, -0.25) is 4.79 Å². The molecule has 0 unspecified atom stereocenters. The molecular weight excluding hydrogens is 240 g/mol. The zero-order chi connectivity index (χ0) is 10.9. The number of benzene rings is 1. The molecule has 0 spiro atoms. The summed E-state index contributed by atoms with van der Waals surface area (Å²) in [4.78, 5) is 12.1. The Balaban J connectivity index is 3.26. The SMILES string of the molecule is Cc1cccc(Br)c1C(=O)C(C)(C)C. The molecule has 0 atom stereocenters. The lowest BCUT2D eigenvalue weighted by molar-refractivity contribution is 0.0857. The summed E-state index contributed by atoms with van der Waals surface area (Å²) in [6.45, 7) is 7.78. The van der Waals surface area contributed by atoms with Crippen molar-refractivity contribution in [1.29, 1.82) is 0 Å². The van der Waals surface area contributed by atoms with Gasteiger partial charge in [0.05, 0.1) is 0 Å². The first-order valence-electron chi connectivity index (χ1n) is 4.64. The molecule has 0 fully saturated rings. The molecule has 0 radical (unpaired) electrons. The van der Waals surface area contributed by atoms with Crippen molar-refractivity contribution in [3.05, 3.63) is 33.8 Å². The molecule has 14 heavy (non-hydrogen) atoms. The predicted molar refractivity (Wildman–Crippen MR) is 62.7 cm³/mol. The summed E-state index contributed by atoms with van der Waals surface area (Å²) in [5.41, 5.74) is 1.51. The van der Waals surface area contributed by atoms with Gasteiger partial charge < -0.3 is 0 Å². The standard InChI is InChI=1S/C12H15BrO/c1-8-6-5-7-9(13)10(8)11(14)12(2,3)4/h5-7H,1-4H3. The van der Waals surface area contributed by atoms with E-state index in [2.05, 4.69) is 15.9 Å². The van der Waals surface area contributed by atoms with E-state index in [4.69, 9.17) is 0 Å². The molecule has 0 saturated carbocycles. The van der Waals surface area contributed by atoms with Gasteiger partial charge in [0.25, 0.3) is 0 Å². The molecule has 0 amide bonds. The molecule has 0 aliphatic heterocycles. The largest absolute Gasteiger partial charge is 0.294 e. The second-order valence-electron chi connectivity index (χ2n) is 4.51. The number of halogens is 1. The number of carbonyl (C=O) groups excluding carboxylic acids is 1. The van der Waals surface area contributed by atoms with Crippen molar-refractivity contribution in [3.8, 4) is 0 Å². The lowest BCUT2D eigenvalue weighted by Gasteiger charge is -2.19. The average Bonchev–Trinajstić information content (AvgIpc) is 2.01. The number of Topliss-reactive ketones (excluding diaryl/α,β-unsaturated/α-hetero) is 1. The maximum Gasteiger partial charge on any atom is 0.169 e. The number of hydrogen-bond donors (Lipinski definition) is 0. The zero-order valence-corrected chi connectivity index (χ0v) is 10.6. The van der Waals surface area contributed by atoms with Crippen molar-refractivity contribution < 1.29 is 4.79 Å². The van der Waals surface area contributed by atoms with Gasteiger partial charge in [-0.2, -0.15) is 0 Å². The van der Waals surface area contributed by atoms with Crippen LogP contribution in [0.5, 0.6) is 0 Å². The van der Waals surface area contributed by atoms with Crippen molar-refractivity contribution in [2.24, 2.45) is 5.41 Å². The minimum Gasteiger partial charge on any atom is -0.294 e. The van der Waals surface area contributed by atoms with Crippen LogP contribution in [0, 0.1) is 12.3 Å². The van der Waals surface area contributed by atoms with Crippen molar-refractivity contribution in [2.45, 2.75) is 27.7 Å². The van der Waals surface area contributed by atoms with Crippen LogP contribution < -0.4 is 0 Å². The molecule has 0 aliphatic carbocycles. The molecule has 0 saturated heterocycles. The molecule has 1 rings (SSSR count). The van der Waals surface area contributed by atoms with Crippen molar-refractivity contribution >= 4 is 21.7 Å². The molecule has 2 heteroatoms. The Hall–Kier alpha value is -0.630. The van der Waals surface area contributed by atoms with Crippen LogP contribution in [0.15, 0.2) is 22.7 Å². The van der Waals surface area contributed by atoms with E-state index in [0.29, 0.717) is 0 Å². The highest BCUT2D eigenvalue weighted by Gasteiger charge is 2.25. The fourth-order valence-electron chi connectivity index (χ4n) is 1.29. The van der Waals surface area contributed by atoms with E-state index in [1.54, 1.807) is 0 Å². The van der Waals surface area contributed by atoms with Gasteiger partial charge in [-0.05, 0) is 18.6 Å². The van der Waals surface area contributed by atoms with Crippen LogP contribution in [-0.2, 0) is 0 Å². The summed E-state index contributed by atoms with van der Waals surface area (Å²) in [6.07, 6.45) is 0. The van der Waals surface area contributed by atoms with Gasteiger partial charge in [-0.1, -0.05) is 48.8 Å². The minimum absolute atomic E-state index is 0.183. The molecule has 0 heterocycles. The van der Waals surface area contributed by atoms with Crippen LogP contribution in [0.4, 0.5) is 0 Å². The molecule has 1 nitrogen and oxygen atoms in total. The zero-order valence-electron chi connectivity index (χ0n) is 9.02. The fourth-order valence-corrected chi connectivity index (χ4v) is 1.94. The first-order valence-corrected chi connectivity index (χ1v) is 5.43. The Bertz CT molecular complexity index is 341. The molecular formula is C12H15BrO. The van der Waals surface area contributed by atoms with Gasteiger partial charge in [0.1, 0.15) is 0 Å². The number of ketones is 1. The van der Waals surface area contributed by atoms with E-state index in [-0.39, 0.29) is 11.2 Å². The third-order valence-electron chi connectivity index (χ3n) is 2.13. The van der Waals surface area contributed by atoms with Gasteiger partial charge in [0.15, 0.2) is 5.78 Å². The highest BCUT2D eigenvalue weighted by Crippen LogP contribution is 2.28. The van der Waals surface area contributed by atoms with Gasteiger partial charge in [-0.15, -0.1) is 0 Å². The number of aryl methyl sites for hydroxylation is 1. The van der Waals surface area contributed by atoms with Crippen LogP contribution >= 0.6 is 15.9 Å². The Morgan fingerprint density at radius 1 is 1.29 bits per heavy atom. The fraction of sp³-hybridized carbons (Fsp3) is 0.417. The maximum atomic E-state index is 12.1. The first kappa shape index (κ1) is 11.4. The molecule has 0 bridgehead atoms. The third-order valence-corrected chi connectivity index (χ3v) is 2.79. The van der Waals surface area contributed by atoms with Crippen LogP contribution in [0.25, 0.3) is 0 Å². The summed E-state index contributed by atoms with van der Waals surface area (Å²) in [7, 11) is 0. The quantitative estimate of drug-likeness (QED) is 0.693. The van der Waals surface area contributed by atoms with E-state index in [1.165, 1.54) is 0 Å². The van der Waals surface area contributed by atoms with E-state index < -0.39 is 0 Å². The van der Waals surface area contributed by atoms with E-state index in [9.17, 15) is 4.79 Å². The highest BCUT2D eigenvalue weighted by molar-refractivity contribution is 9.10. The Morgan fingerprint density at radius 3 is 2.29 bits per heavy atom. The second-order valence-corrected chi connectivity index (χ2v) is 5.37. The highest BCUT2D eigenvalue weighted by atomic mass is 79.9. The van der Waals surface area contributed by atoms with Crippen LogP contribution in [0.1, 0.15) is 36.7 Å². The minimum atomic E-state index is -0.325. The third kappa shape index (κ3) is 2.24. The van der Waals surface area contributed by atoms with Crippen molar-refractivity contribution in [2.75, 3.05) is 0 Å². The van der Waals surface area contributed by atoms with E-state index in [1.807, 2.05) is 45.9 Å². The molecule has 0 aromatic heterocycles. The molecule has 76 valence electrons. The monoisotopic (exact) mass is 254 g/mol. The summed E-state index contributed by atoms with van der Waals surface area (Å²) in [5.74, 6) is 0.183.